The second kappa shape index (κ2) is 6.43. The molecule has 2 aromatic carbocycles. The van der Waals surface area contributed by atoms with E-state index in [-0.39, 0.29) is 5.91 Å². The molecular weight excluding hydrogens is 316 g/mol. The Morgan fingerprint density at radius 1 is 1.08 bits per heavy atom. The highest BCUT2D eigenvalue weighted by Gasteiger charge is 2.16. The monoisotopic (exact) mass is 336 g/mol. The van der Waals surface area contributed by atoms with Crippen molar-refractivity contribution in [2.45, 2.75) is 13.8 Å². The van der Waals surface area contributed by atoms with Crippen LogP contribution in [0, 0.1) is 13.8 Å². The first-order valence-electron chi connectivity index (χ1n) is 7.98. The Kier molecular flexibility index (Phi) is 4.31. The molecule has 3 aromatic rings. The number of carbonyl (C=O) groups excluding carboxylic acids is 2. The Morgan fingerprint density at radius 2 is 1.80 bits per heavy atom. The predicted molar refractivity (Wildman–Crippen MR) is 98.1 cm³/mol. The van der Waals surface area contributed by atoms with Crippen molar-refractivity contribution in [2.75, 3.05) is 12.4 Å². The quantitative estimate of drug-likeness (QED) is 0.739. The van der Waals surface area contributed by atoms with Gasteiger partial charge in [0.05, 0.1) is 18.4 Å². The van der Waals surface area contributed by atoms with Crippen molar-refractivity contribution in [3.05, 3.63) is 64.8 Å². The summed E-state index contributed by atoms with van der Waals surface area (Å²) in [6.45, 7) is 4.10. The summed E-state index contributed by atoms with van der Waals surface area (Å²) in [5, 5.41) is 3.85. The fraction of sp³-hybridized carbons (Fsp3) is 0.200. The van der Waals surface area contributed by atoms with Crippen molar-refractivity contribution < 1.29 is 14.3 Å². The Labute approximate surface area is 146 Å². The molecule has 0 saturated heterocycles. The number of carbonyl (C=O) groups is 2. The Bertz CT molecular complexity index is 986. The minimum absolute atomic E-state index is 0.265. The van der Waals surface area contributed by atoms with Crippen molar-refractivity contribution in [3.63, 3.8) is 0 Å². The topological polar surface area (TPSA) is 60.3 Å². The predicted octanol–water partition coefficient (Wildman–Crippen LogP) is 3.83. The number of nitrogens with one attached hydrogen (secondary N) is 1. The van der Waals surface area contributed by atoms with Crippen LogP contribution in [0.2, 0.25) is 0 Å². The highest BCUT2D eigenvalue weighted by atomic mass is 16.5. The van der Waals surface area contributed by atoms with Crippen LogP contribution in [0.1, 0.15) is 32.0 Å². The van der Waals surface area contributed by atoms with E-state index in [0.29, 0.717) is 16.8 Å². The molecule has 0 aliphatic carbocycles. The van der Waals surface area contributed by atoms with Crippen LogP contribution in [0.5, 0.6) is 0 Å². The average Bonchev–Trinajstić information content (AvgIpc) is 2.85. The molecule has 0 aliphatic heterocycles. The molecule has 0 fully saturated rings. The number of methoxy groups -OCH3 is 1. The first-order valence-corrected chi connectivity index (χ1v) is 7.98. The lowest BCUT2D eigenvalue weighted by Crippen LogP contribution is -2.15. The number of benzene rings is 2. The standard InChI is InChI=1S/C20H20N2O3/c1-12-13(2)22(3)18-10-9-14(11-16(12)18)19(23)21-17-8-6-5-7-15(17)20(24)25-4/h5-11H,1-4H3,(H,21,23). The van der Waals surface area contributed by atoms with Gasteiger partial charge in [-0.05, 0) is 49.7 Å². The molecule has 0 radical (unpaired) electrons. The zero-order chi connectivity index (χ0) is 18.1. The zero-order valence-electron chi connectivity index (χ0n) is 14.7. The molecule has 128 valence electrons. The van der Waals surface area contributed by atoms with Crippen molar-refractivity contribution in [1.29, 1.82) is 0 Å². The molecule has 1 aromatic heterocycles. The lowest BCUT2D eigenvalue weighted by molar-refractivity contribution is 0.0602. The molecule has 1 amide bonds. The third kappa shape index (κ3) is 2.89. The lowest BCUT2D eigenvalue weighted by atomic mass is 10.1. The van der Waals surface area contributed by atoms with Crippen LogP contribution in [-0.2, 0) is 11.8 Å². The molecule has 1 N–H and O–H groups in total. The minimum atomic E-state index is -0.485. The van der Waals surface area contributed by atoms with Gasteiger partial charge in [0, 0.05) is 29.2 Å². The van der Waals surface area contributed by atoms with Gasteiger partial charge in [-0.15, -0.1) is 0 Å². The third-order valence-corrected chi connectivity index (χ3v) is 4.65. The van der Waals surface area contributed by atoms with E-state index in [0.717, 1.165) is 16.5 Å². The number of amides is 1. The SMILES string of the molecule is COC(=O)c1ccccc1NC(=O)c1ccc2c(c1)c(C)c(C)n2C. The Morgan fingerprint density at radius 3 is 2.52 bits per heavy atom. The van der Waals surface area contributed by atoms with E-state index in [1.54, 1.807) is 30.3 Å². The number of aryl methyl sites for hydroxylation is 2. The van der Waals surface area contributed by atoms with E-state index in [1.165, 1.54) is 12.8 Å². The summed E-state index contributed by atoms with van der Waals surface area (Å²) in [6, 6.07) is 12.4. The second-order valence-corrected chi connectivity index (χ2v) is 5.99. The van der Waals surface area contributed by atoms with Crippen molar-refractivity contribution >= 4 is 28.5 Å². The second-order valence-electron chi connectivity index (χ2n) is 5.99. The maximum absolute atomic E-state index is 12.7. The van der Waals surface area contributed by atoms with Crippen LogP contribution in [0.3, 0.4) is 0 Å². The summed E-state index contributed by atoms with van der Waals surface area (Å²) in [5.41, 5.74) is 4.71. The maximum atomic E-state index is 12.7. The van der Waals surface area contributed by atoms with Crippen LogP contribution in [0.4, 0.5) is 5.69 Å². The Hall–Kier alpha value is -3.08. The fourth-order valence-corrected chi connectivity index (χ4v) is 2.97. The zero-order valence-corrected chi connectivity index (χ0v) is 14.7. The number of nitrogens with zero attached hydrogens (tertiary/aromatic N) is 1. The number of ether oxygens (including phenoxy) is 1. The molecule has 0 aliphatic rings. The molecule has 1 heterocycles. The van der Waals surface area contributed by atoms with Crippen LogP contribution >= 0.6 is 0 Å². The molecular formula is C20H20N2O3. The van der Waals surface area contributed by atoms with Gasteiger partial charge >= 0.3 is 5.97 Å². The molecule has 0 saturated carbocycles. The highest BCUT2D eigenvalue weighted by Crippen LogP contribution is 2.26. The van der Waals surface area contributed by atoms with Gasteiger partial charge in [-0.25, -0.2) is 4.79 Å². The number of aromatic nitrogens is 1. The molecule has 0 unspecified atom stereocenters. The van der Waals surface area contributed by atoms with Gasteiger partial charge < -0.3 is 14.6 Å². The summed E-state index contributed by atoms with van der Waals surface area (Å²) in [7, 11) is 3.33. The van der Waals surface area contributed by atoms with Gasteiger partial charge in [0.1, 0.15) is 0 Å². The Balaban J connectivity index is 1.96. The summed E-state index contributed by atoms with van der Waals surface area (Å²) in [5.74, 6) is -0.750. The van der Waals surface area contributed by atoms with E-state index in [4.69, 9.17) is 4.74 Å². The number of hydrogen-bond acceptors (Lipinski definition) is 3. The first-order chi connectivity index (χ1) is 11.9. The number of hydrogen-bond donors (Lipinski definition) is 1. The van der Waals surface area contributed by atoms with Gasteiger partial charge in [-0.1, -0.05) is 12.1 Å². The average molecular weight is 336 g/mol. The maximum Gasteiger partial charge on any atom is 0.339 e. The largest absolute Gasteiger partial charge is 0.465 e. The summed E-state index contributed by atoms with van der Waals surface area (Å²) in [6.07, 6.45) is 0. The van der Waals surface area contributed by atoms with Crippen molar-refractivity contribution in [3.8, 4) is 0 Å². The highest BCUT2D eigenvalue weighted by molar-refractivity contribution is 6.09. The lowest BCUT2D eigenvalue weighted by Gasteiger charge is -2.10. The van der Waals surface area contributed by atoms with Crippen LogP contribution in [-0.4, -0.2) is 23.6 Å². The molecule has 5 nitrogen and oxygen atoms in total. The van der Waals surface area contributed by atoms with Gasteiger partial charge in [0.2, 0.25) is 0 Å². The van der Waals surface area contributed by atoms with Gasteiger partial charge in [0.15, 0.2) is 0 Å². The van der Waals surface area contributed by atoms with Crippen LogP contribution in [0.15, 0.2) is 42.5 Å². The minimum Gasteiger partial charge on any atom is -0.465 e. The van der Waals surface area contributed by atoms with E-state index in [1.807, 2.05) is 26.1 Å². The van der Waals surface area contributed by atoms with Crippen LogP contribution < -0.4 is 5.32 Å². The van der Waals surface area contributed by atoms with E-state index in [2.05, 4.69) is 16.8 Å². The summed E-state index contributed by atoms with van der Waals surface area (Å²) in [4.78, 5) is 24.5. The summed E-state index contributed by atoms with van der Waals surface area (Å²) >= 11 is 0. The number of fused-ring (bicyclic) bond motifs is 1. The first kappa shape index (κ1) is 16.8. The van der Waals surface area contributed by atoms with Crippen molar-refractivity contribution in [2.24, 2.45) is 7.05 Å². The molecule has 3 rings (SSSR count). The van der Waals surface area contributed by atoms with Gasteiger partial charge in [-0.2, -0.15) is 0 Å². The molecule has 0 atom stereocenters. The van der Waals surface area contributed by atoms with Gasteiger partial charge in [-0.3, -0.25) is 4.79 Å². The van der Waals surface area contributed by atoms with Crippen molar-refractivity contribution in [1.82, 2.24) is 4.57 Å². The number of para-hydroxylation sites is 1. The van der Waals surface area contributed by atoms with E-state index >= 15 is 0 Å². The molecule has 0 bridgehead atoms. The van der Waals surface area contributed by atoms with Crippen LogP contribution in [0.25, 0.3) is 10.9 Å². The molecule has 0 spiro atoms. The fourth-order valence-electron chi connectivity index (χ4n) is 2.97. The number of esters is 1. The summed E-state index contributed by atoms with van der Waals surface area (Å²) < 4.78 is 6.87. The molecule has 25 heavy (non-hydrogen) atoms. The van der Waals surface area contributed by atoms with E-state index in [9.17, 15) is 9.59 Å². The van der Waals surface area contributed by atoms with Gasteiger partial charge in [0.25, 0.3) is 5.91 Å². The van der Waals surface area contributed by atoms with E-state index < -0.39 is 5.97 Å². The number of anilines is 1. The third-order valence-electron chi connectivity index (χ3n) is 4.65. The number of rotatable bonds is 3. The molecule has 5 heteroatoms. The normalized spacial score (nSPS) is 10.7. The smallest absolute Gasteiger partial charge is 0.339 e.